The maximum atomic E-state index is 5.33. The minimum atomic E-state index is -0.0416. The van der Waals surface area contributed by atoms with Gasteiger partial charge in [0.1, 0.15) is 0 Å². The van der Waals surface area contributed by atoms with Crippen molar-refractivity contribution in [2.24, 2.45) is 21.8 Å². The summed E-state index contributed by atoms with van der Waals surface area (Å²) in [6, 6.07) is 38.5. The zero-order chi connectivity index (χ0) is 44.9. The Labute approximate surface area is 402 Å². The van der Waals surface area contributed by atoms with Gasteiger partial charge in [-0.25, -0.2) is 0 Å². The molecule has 0 saturated carbocycles. The molecule has 2 heterocycles. The number of aromatic nitrogens is 1. The van der Waals surface area contributed by atoms with Crippen LogP contribution in [0.5, 0.6) is 0 Å². The summed E-state index contributed by atoms with van der Waals surface area (Å²) in [6.07, 6.45) is 12.0. The summed E-state index contributed by atoms with van der Waals surface area (Å²) < 4.78 is 4.94. The zero-order valence-corrected chi connectivity index (χ0v) is 43.1. The average Bonchev–Trinajstić information content (AvgIpc) is 3.95. The molecule has 0 N–H and O–H groups in total. The maximum Gasteiger partial charge on any atom is 1.00 e. The number of rotatable bonds is 8. The Morgan fingerprint density at radius 3 is 1.24 bits per heavy atom. The monoisotopic (exact) mass is 852 g/mol. The molecule has 6 aromatic carbocycles. The van der Waals surface area contributed by atoms with E-state index in [1.165, 1.54) is 60.4 Å². The summed E-state index contributed by atoms with van der Waals surface area (Å²) in [5.41, 5.74) is 8.33. The van der Waals surface area contributed by atoms with Gasteiger partial charge in [-0.15, -0.1) is 11.0 Å². The van der Waals surface area contributed by atoms with Crippen LogP contribution in [0.3, 0.4) is 0 Å². The van der Waals surface area contributed by atoms with Crippen molar-refractivity contribution in [3.8, 4) is 0 Å². The molecule has 1 aliphatic rings. The molecule has 5 heteroatoms. The van der Waals surface area contributed by atoms with Crippen molar-refractivity contribution in [2.75, 3.05) is 13.2 Å². The summed E-state index contributed by atoms with van der Waals surface area (Å²) in [7, 11) is 0. The van der Waals surface area contributed by atoms with Gasteiger partial charge in [0.25, 0.3) is 0 Å². The van der Waals surface area contributed by atoms with Gasteiger partial charge < -0.3 is 9.72 Å². The van der Waals surface area contributed by atoms with E-state index in [0.29, 0.717) is 0 Å². The van der Waals surface area contributed by atoms with E-state index in [1.54, 1.807) is 0 Å². The van der Waals surface area contributed by atoms with Gasteiger partial charge in [-0.05, 0) is 91.4 Å². The third kappa shape index (κ3) is 14.7. The van der Waals surface area contributed by atoms with Crippen LogP contribution in [0, 0.1) is 11.8 Å². The summed E-state index contributed by atoms with van der Waals surface area (Å²) >= 11 is 0. The van der Waals surface area contributed by atoms with Crippen LogP contribution in [-0.2, 0) is 15.6 Å². The Morgan fingerprint density at radius 1 is 0.540 bits per heavy atom. The van der Waals surface area contributed by atoms with Crippen LogP contribution in [0.15, 0.2) is 119 Å². The second-order valence-electron chi connectivity index (χ2n) is 19.7. The smallest absolute Gasteiger partial charge is 0.656 e. The molecule has 0 radical (unpaired) electrons. The molecule has 1 aromatic heterocycles. The van der Waals surface area contributed by atoms with Crippen molar-refractivity contribution in [3.05, 3.63) is 131 Å². The van der Waals surface area contributed by atoms with Crippen LogP contribution in [-0.4, -0.2) is 25.6 Å². The summed E-state index contributed by atoms with van der Waals surface area (Å²) in [5, 5.41) is 6.96. The molecule has 63 heavy (non-hydrogen) atoms. The Hall–Kier alpha value is -4.06. The number of fused-ring (bicyclic) bond motifs is 5. The van der Waals surface area contributed by atoms with Crippen LogP contribution in [0.25, 0.3) is 43.4 Å². The average molecular weight is 852 g/mol. The molecule has 0 bridgehead atoms. The van der Waals surface area contributed by atoms with Crippen LogP contribution in [0.4, 0.5) is 11.4 Å². The third-order valence-electron chi connectivity index (χ3n) is 11.3. The second-order valence-corrected chi connectivity index (χ2v) is 19.7. The van der Waals surface area contributed by atoms with Gasteiger partial charge in [-0.2, -0.15) is 0 Å². The molecule has 0 spiro atoms. The quantitative estimate of drug-likeness (QED) is 0.113. The SMILES string of the molecule is C1CCOC1.CC(C)(C)c1cc(C=Nc2cccc3ccccc23)c2[n-]c3c(C=Nc4cccc5ccccc45)cc(C(C)(C)C)cc3c2c1.CCCC(C)C.CCCC(C)C.[Na+]. The van der Waals surface area contributed by atoms with Crippen molar-refractivity contribution in [1.29, 1.82) is 0 Å². The molecular weight excluding hydrogens is 778 g/mol. The molecule has 1 aliphatic heterocycles. The first-order valence-electron chi connectivity index (χ1n) is 23.3. The van der Waals surface area contributed by atoms with Crippen molar-refractivity contribution in [1.82, 2.24) is 4.98 Å². The van der Waals surface area contributed by atoms with Crippen LogP contribution < -0.4 is 34.5 Å². The van der Waals surface area contributed by atoms with E-state index in [9.17, 15) is 0 Å². The number of hydrogen-bond donors (Lipinski definition) is 0. The first kappa shape index (κ1) is 51.6. The van der Waals surface area contributed by atoms with E-state index >= 15 is 0 Å². The van der Waals surface area contributed by atoms with Gasteiger partial charge in [0, 0.05) is 36.4 Å². The standard InChI is InChI=1S/C42H38N3.2C6H14.C4H8O.Na/c1-41(2,3)31-21-29(25-43-37-19-11-15-27-13-7-9-17-33(27)37)39-35(23-31)36-24-32(42(4,5)6)22-30(40(36)45-39)26-44-38-20-12-16-28-14-8-10-18-34(28)38;2*1-4-5-6(2)3;1-2-4-5-3-1;/h7-26H,1-6H3;2*6H,4-5H2,1-3H3;1-4H2;/q-1;;;;+1. The molecule has 1 saturated heterocycles. The number of aliphatic imine (C=N–C) groups is 2. The summed E-state index contributed by atoms with van der Waals surface area (Å²) in [4.78, 5) is 15.4. The van der Waals surface area contributed by atoms with Gasteiger partial charge >= 0.3 is 29.6 Å². The summed E-state index contributed by atoms with van der Waals surface area (Å²) in [5.74, 6) is 1.80. The van der Waals surface area contributed by atoms with Gasteiger partial charge in [0.05, 0.1) is 11.4 Å². The van der Waals surface area contributed by atoms with E-state index in [4.69, 9.17) is 19.7 Å². The molecule has 328 valence electrons. The molecule has 0 amide bonds. The Kier molecular flexibility index (Phi) is 19.9. The van der Waals surface area contributed by atoms with Crippen molar-refractivity contribution >= 4 is 67.2 Å². The molecule has 8 rings (SSSR count). The number of hydrogen-bond acceptors (Lipinski definition) is 3. The zero-order valence-electron chi connectivity index (χ0n) is 41.1. The maximum absolute atomic E-state index is 5.33. The van der Waals surface area contributed by atoms with Crippen molar-refractivity contribution in [2.45, 2.75) is 132 Å². The molecule has 1 fully saturated rings. The van der Waals surface area contributed by atoms with Gasteiger partial charge in [0.2, 0.25) is 0 Å². The Balaban J connectivity index is 0.000000409. The van der Waals surface area contributed by atoms with E-state index in [2.05, 4.69) is 192 Å². The van der Waals surface area contributed by atoms with E-state index in [-0.39, 0.29) is 40.4 Å². The molecule has 0 aliphatic carbocycles. The fourth-order valence-corrected chi connectivity index (χ4v) is 7.73. The Bertz CT molecular complexity index is 2370. The minimum absolute atomic E-state index is 0. The molecular formula is C58H74N3NaO. The Morgan fingerprint density at radius 2 is 0.921 bits per heavy atom. The second kappa shape index (κ2) is 24.3. The van der Waals surface area contributed by atoms with Crippen molar-refractivity contribution < 1.29 is 34.3 Å². The molecule has 0 atom stereocenters. The van der Waals surface area contributed by atoms with Crippen molar-refractivity contribution in [3.63, 3.8) is 0 Å². The normalized spacial score (nSPS) is 13.0. The largest absolute Gasteiger partial charge is 1.00 e. The van der Waals surface area contributed by atoms with Crippen LogP contribution in [0.2, 0.25) is 0 Å². The number of ether oxygens (including phenoxy) is 1. The van der Waals surface area contributed by atoms with E-state index in [0.717, 1.165) is 80.1 Å². The number of nitrogens with zero attached hydrogens (tertiary/aromatic N) is 3. The topological polar surface area (TPSA) is 48.0 Å². The first-order valence-corrected chi connectivity index (χ1v) is 23.3. The van der Waals surface area contributed by atoms with E-state index in [1.807, 2.05) is 12.4 Å². The number of benzene rings is 6. The van der Waals surface area contributed by atoms with E-state index < -0.39 is 0 Å². The minimum Gasteiger partial charge on any atom is -0.656 e. The fraction of sp³-hybridized carbons (Fsp3) is 0.414. The van der Waals surface area contributed by atoms with Crippen LogP contribution in [0.1, 0.15) is 144 Å². The van der Waals surface area contributed by atoms with Crippen LogP contribution >= 0.6 is 0 Å². The predicted molar refractivity (Wildman–Crippen MR) is 274 cm³/mol. The van der Waals surface area contributed by atoms with Gasteiger partial charge in [-0.1, -0.05) is 206 Å². The van der Waals surface area contributed by atoms with Gasteiger partial charge in [-0.3, -0.25) is 9.98 Å². The molecule has 7 aromatic rings. The van der Waals surface area contributed by atoms with Gasteiger partial charge in [0.15, 0.2) is 0 Å². The molecule has 4 nitrogen and oxygen atoms in total. The predicted octanol–water partition coefficient (Wildman–Crippen LogP) is 14.0. The first-order chi connectivity index (χ1) is 29.6. The fourth-order valence-electron chi connectivity index (χ4n) is 7.73. The third-order valence-corrected chi connectivity index (χ3v) is 11.3. The molecule has 0 unspecified atom stereocenters. The summed E-state index contributed by atoms with van der Waals surface area (Å²) in [6.45, 7) is 29.0.